The predicted octanol–water partition coefficient (Wildman–Crippen LogP) is 2.44. The van der Waals surface area contributed by atoms with Crippen molar-refractivity contribution in [2.45, 2.75) is 18.9 Å². The SMILES string of the molecule is N#Cc1cc(F)c(NCCOC[C@@H]2CCCO2)c(F)c1. The quantitative estimate of drug-likeness (QED) is 0.814. The maximum Gasteiger partial charge on any atom is 0.150 e. The van der Waals surface area contributed by atoms with Crippen LogP contribution in [0.4, 0.5) is 14.5 Å². The summed E-state index contributed by atoms with van der Waals surface area (Å²) >= 11 is 0. The molecule has 6 heteroatoms. The van der Waals surface area contributed by atoms with Crippen LogP contribution in [0.2, 0.25) is 0 Å². The monoisotopic (exact) mass is 282 g/mol. The van der Waals surface area contributed by atoms with Crippen LogP contribution in [-0.4, -0.2) is 32.5 Å². The lowest BCUT2D eigenvalue weighted by Crippen LogP contribution is -2.18. The average molecular weight is 282 g/mol. The van der Waals surface area contributed by atoms with Crippen molar-refractivity contribution in [2.24, 2.45) is 0 Å². The molecule has 2 rings (SSSR count). The zero-order valence-electron chi connectivity index (χ0n) is 11.0. The molecule has 0 aliphatic carbocycles. The van der Waals surface area contributed by atoms with Crippen molar-refractivity contribution < 1.29 is 18.3 Å². The van der Waals surface area contributed by atoms with E-state index in [1.54, 1.807) is 6.07 Å². The third kappa shape index (κ3) is 3.89. The van der Waals surface area contributed by atoms with Gasteiger partial charge in [0.1, 0.15) is 5.69 Å². The maximum absolute atomic E-state index is 13.5. The minimum absolute atomic E-state index is 0.0415. The van der Waals surface area contributed by atoms with Crippen molar-refractivity contribution in [3.8, 4) is 6.07 Å². The molecular formula is C14H16F2N2O2. The molecule has 1 saturated heterocycles. The van der Waals surface area contributed by atoms with Gasteiger partial charge in [0, 0.05) is 13.2 Å². The van der Waals surface area contributed by atoms with Gasteiger partial charge in [-0.05, 0) is 25.0 Å². The summed E-state index contributed by atoms with van der Waals surface area (Å²) in [7, 11) is 0. The molecule has 108 valence electrons. The Labute approximate surface area is 116 Å². The molecule has 0 aromatic heterocycles. The summed E-state index contributed by atoms with van der Waals surface area (Å²) in [6, 6.07) is 3.69. The molecule has 0 bridgehead atoms. The largest absolute Gasteiger partial charge is 0.378 e. The van der Waals surface area contributed by atoms with E-state index in [1.807, 2.05) is 0 Å². The highest BCUT2D eigenvalue weighted by Gasteiger charge is 2.15. The second-order valence-electron chi connectivity index (χ2n) is 4.56. The number of halogens is 2. The van der Waals surface area contributed by atoms with Gasteiger partial charge in [0.25, 0.3) is 0 Å². The van der Waals surface area contributed by atoms with Crippen LogP contribution in [0.1, 0.15) is 18.4 Å². The average Bonchev–Trinajstić information content (AvgIpc) is 2.94. The second kappa shape index (κ2) is 7.17. The molecule has 1 aromatic rings. The van der Waals surface area contributed by atoms with Crippen LogP contribution in [0.15, 0.2) is 12.1 Å². The van der Waals surface area contributed by atoms with Crippen LogP contribution in [0.5, 0.6) is 0 Å². The normalized spacial score (nSPS) is 17.9. The smallest absolute Gasteiger partial charge is 0.150 e. The molecule has 1 fully saturated rings. The highest BCUT2D eigenvalue weighted by molar-refractivity contribution is 5.50. The van der Waals surface area contributed by atoms with Crippen molar-refractivity contribution in [3.05, 3.63) is 29.3 Å². The molecule has 0 radical (unpaired) electrons. The molecule has 1 N–H and O–H groups in total. The number of nitrogens with zero attached hydrogens (tertiary/aromatic N) is 1. The summed E-state index contributed by atoms with van der Waals surface area (Å²) in [5, 5.41) is 11.2. The third-order valence-corrected chi connectivity index (χ3v) is 3.05. The first-order chi connectivity index (χ1) is 9.70. The van der Waals surface area contributed by atoms with Crippen molar-refractivity contribution in [1.29, 1.82) is 5.26 Å². The van der Waals surface area contributed by atoms with Crippen LogP contribution < -0.4 is 5.32 Å². The molecule has 0 unspecified atom stereocenters. The highest BCUT2D eigenvalue weighted by Crippen LogP contribution is 2.20. The van der Waals surface area contributed by atoms with Gasteiger partial charge in [-0.1, -0.05) is 0 Å². The van der Waals surface area contributed by atoms with Gasteiger partial charge in [-0.15, -0.1) is 0 Å². The molecule has 1 atom stereocenters. The summed E-state index contributed by atoms with van der Waals surface area (Å²) in [6.07, 6.45) is 2.18. The molecule has 1 heterocycles. The topological polar surface area (TPSA) is 54.3 Å². The molecule has 1 aliphatic heterocycles. The Morgan fingerprint density at radius 2 is 2.15 bits per heavy atom. The van der Waals surface area contributed by atoms with Gasteiger partial charge in [-0.25, -0.2) is 8.78 Å². The predicted molar refractivity (Wildman–Crippen MR) is 69.4 cm³/mol. The van der Waals surface area contributed by atoms with E-state index in [9.17, 15) is 8.78 Å². The minimum atomic E-state index is -0.777. The third-order valence-electron chi connectivity index (χ3n) is 3.05. The summed E-state index contributed by atoms with van der Waals surface area (Å²) in [5.41, 5.74) is -0.273. The van der Waals surface area contributed by atoms with Gasteiger partial charge in [0.05, 0.1) is 31.0 Å². The van der Waals surface area contributed by atoms with Gasteiger partial charge in [0.2, 0.25) is 0 Å². The van der Waals surface area contributed by atoms with Crippen LogP contribution in [0.25, 0.3) is 0 Å². The lowest BCUT2D eigenvalue weighted by molar-refractivity contribution is 0.0206. The first-order valence-corrected chi connectivity index (χ1v) is 6.53. The highest BCUT2D eigenvalue weighted by atomic mass is 19.1. The van der Waals surface area contributed by atoms with Crippen molar-refractivity contribution in [2.75, 3.05) is 31.7 Å². The Hall–Kier alpha value is -1.71. The number of hydrogen-bond acceptors (Lipinski definition) is 4. The lowest BCUT2D eigenvalue weighted by atomic mass is 10.2. The van der Waals surface area contributed by atoms with E-state index in [0.29, 0.717) is 13.2 Å². The summed E-state index contributed by atoms with van der Waals surface area (Å²) < 4.78 is 37.8. The number of rotatable bonds is 6. The van der Waals surface area contributed by atoms with Crippen LogP contribution in [0, 0.1) is 23.0 Å². The standard InChI is InChI=1S/C14H16F2N2O2/c15-12-6-10(8-17)7-13(16)14(12)18-3-5-19-9-11-2-1-4-20-11/h6-7,11,18H,1-5,9H2/t11-/m0/s1. The fourth-order valence-electron chi connectivity index (χ4n) is 2.05. The van der Waals surface area contributed by atoms with E-state index in [0.717, 1.165) is 31.6 Å². The summed E-state index contributed by atoms with van der Waals surface area (Å²) in [4.78, 5) is 0. The fraction of sp³-hybridized carbons (Fsp3) is 0.500. The number of ether oxygens (including phenoxy) is 2. The maximum atomic E-state index is 13.5. The van der Waals surface area contributed by atoms with Gasteiger partial charge in [-0.2, -0.15) is 5.26 Å². The molecule has 0 spiro atoms. The van der Waals surface area contributed by atoms with Crippen LogP contribution in [-0.2, 0) is 9.47 Å². The fourth-order valence-corrected chi connectivity index (χ4v) is 2.05. The lowest BCUT2D eigenvalue weighted by Gasteiger charge is -2.12. The number of nitriles is 1. The first-order valence-electron chi connectivity index (χ1n) is 6.53. The molecule has 4 nitrogen and oxygen atoms in total. The van der Waals surface area contributed by atoms with E-state index in [1.165, 1.54) is 0 Å². The van der Waals surface area contributed by atoms with E-state index in [4.69, 9.17) is 14.7 Å². The number of hydrogen-bond donors (Lipinski definition) is 1. The molecule has 0 saturated carbocycles. The van der Waals surface area contributed by atoms with Crippen LogP contribution >= 0.6 is 0 Å². The van der Waals surface area contributed by atoms with E-state index < -0.39 is 11.6 Å². The molecular weight excluding hydrogens is 266 g/mol. The van der Waals surface area contributed by atoms with Gasteiger partial charge in [-0.3, -0.25) is 0 Å². The molecule has 0 amide bonds. The summed E-state index contributed by atoms with van der Waals surface area (Å²) in [5.74, 6) is -1.55. The Bertz CT molecular complexity index is 473. The van der Waals surface area contributed by atoms with Crippen molar-refractivity contribution >= 4 is 5.69 Å². The zero-order valence-corrected chi connectivity index (χ0v) is 11.0. The number of anilines is 1. The van der Waals surface area contributed by atoms with Crippen molar-refractivity contribution in [3.63, 3.8) is 0 Å². The Morgan fingerprint density at radius 3 is 2.75 bits per heavy atom. The Balaban J connectivity index is 1.75. The molecule has 1 aromatic carbocycles. The van der Waals surface area contributed by atoms with Crippen LogP contribution in [0.3, 0.4) is 0 Å². The molecule has 1 aliphatic rings. The zero-order chi connectivity index (χ0) is 14.4. The van der Waals surface area contributed by atoms with E-state index >= 15 is 0 Å². The Kier molecular flexibility index (Phi) is 5.27. The van der Waals surface area contributed by atoms with E-state index in [2.05, 4.69) is 5.32 Å². The first kappa shape index (κ1) is 14.7. The van der Waals surface area contributed by atoms with Gasteiger partial charge < -0.3 is 14.8 Å². The number of nitrogens with one attached hydrogen (secondary N) is 1. The van der Waals surface area contributed by atoms with Gasteiger partial charge >= 0.3 is 0 Å². The Morgan fingerprint density at radius 1 is 1.40 bits per heavy atom. The van der Waals surface area contributed by atoms with E-state index in [-0.39, 0.29) is 23.9 Å². The van der Waals surface area contributed by atoms with Gasteiger partial charge in [0.15, 0.2) is 11.6 Å². The number of benzene rings is 1. The van der Waals surface area contributed by atoms with Crippen molar-refractivity contribution in [1.82, 2.24) is 0 Å². The molecule has 20 heavy (non-hydrogen) atoms. The minimum Gasteiger partial charge on any atom is -0.378 e. The summed E-state index contributed by atoms with van der Waals surface area (Å²) in [6.45, 7) is 1.89. The second-order valence-corrected chi connectivity index (χ2v) is 4.56.